The van der Waals surface area contributed by atoms with Crippen molar-refractivity contribution in [1.82, 2.24) is 0 Å². The first-order chi connectivity index (χ1) is 9.13. The molecule has 5 heteroatoms. The van der Waals surface area contributed by atoms with E-state index in [9.17, 15) is 4.79 Å². The number of carbonyl (C=O) groups excluding carboxylic acids is 1. The highest BCUT2D eigenvalue weighted by Gasteiger charge is 2.13. The Labute approximate surface area is 111 Å². The number of hydrogen-bond donors (Lipinski definition) is 1. The zero-order chi connectivity index (χ0) is 14.3. The van der Waals surface area contributed by atoms with Crippen LogP contribution in [0.15, 0.2) is 30.0 Å². The summed E-state index contributed by atoms with van der Waals surface area (Å²) < 4.78 is 4.95. The molecule has 0 aliphatic heterocycles. The number of nitrogens with zero attached hydrogens (tertiary/aromatic N) is 2. The van der Waals surface area contributed by atoms with Crippen molar-refractivity contribution >= 4 is 11.7 Å². The summed E-state index contributed by atoms with van der Waals surface area (Å²) in [7, 11) is 0. The lowest BCUT2D eigenvalue weighted by Crippen LogP contribution is -2.09. The van der Waals surface area contributed by atoms with Crippen LogP contribution in [0.4, 0.5) is 5.69 Å². The van der Waals surface area contributed by atoms with Gasteiger partial charge in [0, 0.05) is 6.20 Å². The molecule has 0 saturated heterocycles. The summed E-state index contributed by atoms with van der Waals surface area (Å²) in [5, 5.41) is 20.1. The van der Waals surface area contributed by atoms with Gasteiger partial charge in [-0.1, -0.05) is 12.1 Å². The molecule has 0 radical (unpaired) electrons. The van der Waals surface area contributed by atoms with Crippen LogP contribution in [0.5, 0.6) is 0 Å². The summed E-state index contributed by atoms with van der Waals surface area (Å²) >= 11 is 0. The van der Waals surface area contributed by atoms with Gasteiger partial charge >= 0.3 is 5.97 Å². The van der Waals surface area contributed by atoms with E-state index in [2.05, 4.69) is 5.32 Å². The maximum atomic E-state index is 11.8. The smallest absolute Gasteiger partial charge is 0.340 e. The predicted molar refractivity (Wildman–Crippen MR) is 70.1 cm³/mol. The molecule has 0 unspecified atom stereocenters. The third-order valence-electron chi connectivity index (χ3n) is 2.37. The highest BCUT2D eigenvalue weighted by atomic mass is 16.5. The molecule has 0 atom stereocenters. The molecule has 0 aliphatic rings. The number of aryl methyl sites for hydroxylation is 1. The van der Waals surface area contributed by atoms with Crippen molar-refractivity contribution in [2.45, 2.75) is 13.8 Å². The number of carbonyl (C=O) groups is 1. The molecule has 1 aromatic carbocycles. The van der Waals surface area contributed by atoms with Crippen LogP contribution in [0.3, 0.4) is 0 Å². The number of allylic oxidation sites excluding steroid dienone is 1. The number of esters is 1. The molecule has 0 bridgehead atoms. The van der Waals surface area contributed by atoms with E-state index < -0.39 is 5.97 Å². The van der Waals surface area contributed by atoms with E-state index in [0.29, 0.717) is 11.3 Å². The van der Waals surface area contributed by atoms with Gasteiger partial charge in [-0.05, 0) is 25.5 Å². The molecule has 1 rings (SSSR count). The lowest BCUT2D eigenvalue weighted by Gasteiger charge is -2.11. The molecule has 1 N–H and O–H groups in total. The number of rotatable bonds is 4. The molecule has 5 nitrogen and oxygen atoms in total. The molecule has 0 spiro atoms. The first kappa shape index (κ1) is 14.3. The van der Waals surface area contributed by atoms with Crippen molar-refractivity contribution in [1.29, 1.82) is 10.5 Å². The van der Waals surface area contributed by atoms with Gasteiger partial charge in [0.25, 0.3) is 0 Å². The Morgan fingerprint density at radius 1 is 1.42 bits per heavy atom. The standard InChI is InChI=1S/C14H13N3O2/c1-3-19-14(18)12-6-4-5-10(2)13(12)17-9-11(7-15)8-16/h4-6,9,17H,3H2,1-2H3. The second-order valence-electron chi connectivity index (χ2n) is 3.64. The number of ether oxygens (including phenoxy) is 1. The van der Waals surface area contributed by atoms with Gasteiger partial charge < -0.3 is 10.1 Å². The molecular formula is C14H13N3O2. The maximum absolute atomic E-state index is 11.8. The molecule has 0 aliphatic carbocycles. The van der Waals surface area contributed by atoms with Crippen LogP contribution in [0.25, 0.3) is 0 Å². The first-order valence-corrected chi connectivity index (χ1v) is 5.67. The molecular weight excluding hydrogens is 242 g/mol. The highest BCUT2D eigenvalue weighted by molar-refractivity contribution is 5.96. The topological polar surface area (TPSA) is 85.9 Å². The van der Waals surface area contributed by atoms with Gasteiger partial charge in [0.15, 0.2) is 0 Å². The zero-order valence-corrected chi connectivity index (χ0v) is 10.7. The summed E-state index contributed by atoms with van der Waals surface area (Å²) in [6.07, 6.45) is 1.27. The van der Waals surface area contributed by atoms with E-state index >= 15 is 0 Å². The molecule has 0 heterocycles. The van der Waals surface area contributed by atoms with Crippen molar-refractivity contribution in [2.24, 2.45) is 0 Å². The third-order valence-corrected chi connectivity index (χ3v) is 2.37. The van der Waals surface area contributed by atoms with Crippen LogP contribution >= 0.6 is 0 Å². The fourth-order valence-corrected chi connectivity index (χ4v) is 1.47. The van der Waals surface area contributed by atoms with E-state index in [4.69, 9.17) is 15.3 Å². The molecule has 0 amide bonds. The molecule has 0 aromatic heterocycles. The van der Waals surface area contributed by atoms with Crippen LogP contribution in [-0.4, -0.2) is 12.6 Å². The Morgan fingerprint density at radius 2 is 2.11 bits per heavy atom. The second-order valence-corrected chi connectivity index (χ2v) is 3.64. The molecule has 0 fully saturated rings. The van der Waals surface area contributed by atoms with Crippen LogP contribution in [-0.2, 0) is 4.74 Å². The largest absolute Gasteiger partial charge is 0.462 e. The normalized spacial score (nSPS) is 8.84. The Kier molecular flexibility index (Phi) is 5.13. The Hall–Kier alpha value is -2.79. The monoisotopic (exact) mass is 255 g/mol. The van der Waals surface area contributed by atoms with Gasteiger partial charge in [-0.3, -0.25) is 0 Å². The summed E-state index contributed by atoms with van der Waals surface area (Å²) in [5.74, 6) is -0.447. The number of para-hydroxylation sites is 1. The van der Waals surface area contributed by atoms with Crippen molar-refractivity contribution < 1.29 is 9.53 Å². The number of nitrogens with one attached hydrogen (secondary N) is 1. The summed E-state index contributed by atoms with van der Waals surface area (Å²) in [6.45, 7) is 3.82. The third kappa shape index (κ3) is 3.58. The Morgan fingerprint density at radius 3 is 2.68 bits per heavy atom. The van der Waals surface area contributed by atoms with Gasteiger partial charge in [0.05, 0.1) is 17.9 Å². The second kappa shape index (κ2) is 6.83. The molecule has 1 aromatic rings. The minimum Gasteiger partial charge on any atom is -0.462 e. The fourth-order valence-electron chi connectivity index (χ4n) is 1.47. The van der Waals surface area contributed by atoms with E-state index in [-0.39, 0.29) is 12.2 Å². The van der Waals surface area contributed by atoms with E-state index in [1.807, 2.05) is 13.0 Å². The lowest BCUT2D eigenvalue weighted by molar-refractivity contribution is 0.0527. The predicted octanol–water partition coefficient (Wildman–Crippen LogP) is 2.51. The number of benzene rings is 1. The van der Waals surface area contributed by atoms with E-state index in [1.165, 1.54) is 6.20 Å². The minimum atomic E-state index is -0.447. The average Bonchev–Trinajstić information content (AvgIpc) is 2.41. The maximum Gasteiger partial charge on any atom is 0.340 e. The van der Waals surface area contributed by atoms with Crippen molar-refractivity contribution in [3.05, 3.63) is 41.1 Å². The summed E-state index contributed by atoms with van der Waals surface area (Å²) in [4.78, 5) is 11.8. The number of hydrogen-bond acceptors (Lipinski definition) is 5. The van der Waals surface area contributed by atoms with E-state index in [1.54, 1.807) is 31.2 Å². The first-order valence-electron chi connectivity index (χ1n) is 5.67. The van der Waals surface area contributed by atoms with E-state index in [0.717, 1.165) is 5.56 Å². The van der Waals surface area contributed by atoms with Crippen LogP contribution in [0, 0.1) is 29.6 Å². The molecule has 0 saturated carbocycles. The Balaban J connectivity index is 3.13. The summed E-state index contributed by atoms with van der Waals surface area (Å²) in [6, 6.07) is 8.66. The minimum absolute atomic E-state index is 0.0712. The van der Waals surface area contributed by atoms with Gasteiger partial charge in [0.1, 0.15) is 17.7 Å². The van der Waals surface area contributed by atoms with Crippen molar-refractivity contribution in [2.75, 3.05) is 11.9 Å². The van der Waals surface area contributed by atoms with Gasteiger partial charge in [0.2, 0.25) is 0 Å². The fraction of sp³-hybridized carbons (Fsp3) is 0.214. The van der Waals surface area contributed by atoms with Gasteiger partial charge in [-0.15, -0.1) is 0 Å². The zero-order valence-electron chi connectivity index (χ0n) is 10.7. The Bertz CT molecular complexity index is 576. The van der Waals surface area contributed by atoms with Crippen LogP contribution in [0.2, 0.25) is 0 Å². The highest BCUT2D eigenvalue weighted by Crippen LogP contribution is 2.21. The quantitative estimate of drug-likeness (QED) is 0.660. The van der Waals surface area contributed by atoms with Crippen molar-refractivity contribution in [3.63, 3.8) is 0 Å². The van der Waals surface area contributed by atoms with Crippen LogP contribution in [0.1, 0.15) is 22.8 Å². The molecule has 96 valence electrons. The number of anilines is 1. The SMILES string of the molecule is CCOC(=O)c1cccc(C)c1NC=C(C#N)C#N. The van der Waals surface area contributed by atoms with Crippen molar-refractivity contribution in [3.8, 4) is 12.1 Å². The van der Waals surface area contributed by atoms with Crippen LogP contribution < -0.4 is 5.32 Å². The lowest BCUT2D eigenvalue weighted by atomic mass is 10.1. The van der Waals surface area contributed by atoms with Gasteiger partial charge in [-0.25, -0.2) is 4.79 Å². The summed E-state index contributed by atoms with van der Waals surface area (Å²) in [5.41, 5.74) is 1.65. The number of nitriles is 2. The molecule has 19 heavy (non-hydrogen) atoms. The van der Waals surface area contributed by atoms with Gasteiger partial charge in [-0.2, -0.15) is 10.5 Å². The average molecular weight is 255 g/mol.